The Morgan fingerprint density at radius 2 is 2.04 bits per heavy atom. The van der Waals surface area contributed by atoms with E-state index in [4.69, 9.17) is 0 Å². The van der Waals surface area contributed by atoms with Gasteiger partial charge in [0.25, 0.3) is 5.91 Å². The summed E-state index contributed by atoms with van der Waals surface area (Å²) in [5.74, 6) is -0.0187. The Balaban J connectivity index is 1.82. The largest absolute Gasteiger partial charge is 0.369 e. The zero-order chi connectivity index (χ0) is 16.7. The monoisotopic (exact) mass is 314 g/mol. The molecule has 1 aromatic heterocycles. The number of benzene rings is 1. The molecule has 0 spiro atoms. The normalized spacial score (nSPS) is 10.8. The van der Waals surface area contributed by atoms with E-state index in [1.807, 2.05) is 35.0 Å². The van der Waals surface area contributed by atoms with Crippen molar-refractivity contribution in [2.24, 2.45) is 0 Å². The molecule has 2 aromatic rings. The molecule has 5 nitrogen and oxygen atoms in total. The lowest BCUT2D eigenvalue weighted by molar-refractivity contribution is 0.0953. The SMILES string of the molecule is CCN(c1ccc(C(=O)NCCCn2ccnc2)cc1)C(C)C. The van der Waals surface area contributed by atoms with Gasteiger partial charge < -0.3 is 14.8 Å². The molecule has 1 amide bonds. The van der Waals surface area contributed by atoms with Crippen molar-refractivity contribution in [3.05, 3.63) is 48.5 Å². The van der Waals surface area contributed by atoms with E-state index in [9.17, 15) is 4.79 Å². The van der Waals surface area contributed by atoms with Crippen molar-refractivity contribution >= 4 is 11.6 Å². The van der Waals surface area contributed by atoms with E-state index >= 15 is 0 Å². The molecule has 0 aliphatic rings. The smallest absolute Gasteiger partial charge is 0.251 e. The van der Waals surface area contributed by atoms with Gasteiger partial charge in [-0.25, -0.2) is 4.98 Å². The van der Waals surface area contributed by atoms with E-state index in [1.165, 1.54) is 0 Å². The van der Waals surface area contributed by atoms with Gasteiger partial charge in [0, 0.05) is 49.3 Å². The Kier molecular flexibility index (Phi) is 6.20. The molecule has 0 aliphatic heterocycles. The zero-order valence-corrected chi connectivity index (χ0v) is 14.2. The number of carbonyl (C=O) groups is 1. The van der Waals surface area contributed by atoms with Gasteiger partial charge in [-0.05, 0) is 51.5 Å². The molecule has 5 heteroatoms. The molecule has 0 unspecified atom stereocenters. The molecule has 23 heavy (non-hydrogen) atoms. The number of rotatable bonds is 8. The van der Waals surface area contributed by atoms with Crippen LogP contribution in [0.15, 0.2) is 43.0 Å². The van der Waals surface area contributed by atoms with Crippen molar-refractivity contribution in [2.75, 3.05) is 18.0 Å². The van der Waals surface area contributed by atoms with Crippen LogP contribution in [0.1, 0.15) is 37.6 Å². The summed E-state index contributed by atoms with van der Waals surface area (Å²) in [5.41, 5.74) is 1.86. The van der Waals surface area contributed by atoms with Crippen LogP contribution in [0, 0.1) is 0 Å². The van der Waals surface area contributed by atoms with Crippen molar-refractivity contribution in [1.82, 2.24) is 14.9 Å². The predicted octanol–water partition coefficient (Wildman–Crippen LogP) is 2.94. The zero-order valence-electron chi connectivity index (χ0n) is 14.2. The van der Waals surface area contributed by atoms with Crippen LogP contribution in [0.4, 0.5) is 5.69 Å². The van der Waals surface area contributed by atoms with Crippen molar-refractivity contribution in [3.63, 3.8) is 0 Å². The number of nitrogens with zero attached hydrogens (tertiary/aromatic N) is 3. The maximum Gasteiger partial charge on any atom is 0.251 e. The summed E-state index contributed by atoms with van der Waals surface area (Å²) >= 11 is 0. The lowest BCUT2D eigenvalue weighted by Crippen LogP contribution is -2.30. The van der Waals surface area contributed by atoms with E-state index < -0.39 is 0 Å². The van der Waals surface area contributed by atoms with Crippen LogP contribution in [-0.4, -0.2) is 34.6 Å². The Morgan fingerprint density at radius 3 is 2.61 bits per heavy atom. The van der Waals surface area contributed by atoms with Gasteiger partial charge in [0.1, 0.15) is 0 Å². The van der Waals surface area contributed by atoms with Gasteiger partial charge in [0.15, 0.2) is 0 Å². The van der Waals surface area contributed by atoms with Crippen molar-refractivity contribution in [3.8, 4) is 0 Å². The molecule has 0 bridgehead atoms. The van der Waals surface area contributed by atoms with Crippen LogP contribution in [-0.2, 0) is 6.54 Å². The van der Waals surface area contributed by atoms with E-state index in [0.717, 1.165) is 25.2 Å². The van der Waals surface area contributed by atoms with Crippen molar-refractivity contribution in [2.45, 2.75) is 39.8 Å². The highest BCUT2D eigenvalue weighted by molar-refractivity contribution is 5.94. The van der Waals surface area contributed by atoms with Crippen LogP contribution in [0.25, 0.3) is 0 Å². The summed E-state index contributed by atoms with van der Waals surface area (Å²) in [6.45, 7) is 8.96. The predicted molar refractivity (Wildman–Crippen MR) is 93.8 cm³/mol. The number of carbonyl (C=O) groups excluding carboxylic acids is 1. The molecular weight excluding hydrogens is 288 g/mol. The first-order valence-electron chi connectivity index (χ1n) is 8.22. The fraction of sp³-hybridized carbons (Fsp3) is 0.444. The van der Waals surface area contributed by atoms with Gasteiger partial charge in [-0.1, -0.05) is 0 Å². The Morgan fingerprint density at radius 1 is 1.30 bits per heavy atom. The minimum atomic E-state index is -0.0187. The van der Waals surface area contributed by atoms with Gasteiger partial charge in [-0.15, -0.1) is 0 Å². The molecule has 124 valence electrons. The first-order chi connectivity index (χ1) is 11.1. The molecular formula is C18H26N4O. The van der Waals surface area contributed by atoms with E-state index in [-0.39, 0.29) is 5.91 Å². The molecule has 0 fully saturated rings. The second-order valence-corrected chi connectivity index (χ2v) is 5.84. The second-order valence-electron chi connectivity index (χ2n) is 5.84. The fourth-order valence-corrected chi connectivity index (χ4v) is 2.63. The summed E-state index contributed by atoms with van der Waals surface area (Å²) in [7, 11) is 0. The first kappa shape index (κ1) is 17.1. The van der Waals surface area contributed by atoms with Crippen LogP contribution < -0.4 is 10.2 Å². The van der Waals surface area contributed by atoms with Gasteiger partial charge in [-0.3, -0.25) is 4.79 Å². The highest BCUT2D eigenvalue weighted by Crippen LogP contribution is 2.17. The lowest BCUT2D eigenvalue weighted by atomic mass is 10.1. The quantitative estimate of drug-likeness (QED) is 0.762. The Hall–Kier alpha value is -2.30. The van der Waals surface area contributed by atoms with Crippen LogP contribution >= 0.6 is 0 Å². The summed E-state index contributed by atoms with van der Waals surface area (Å²) < 4.78 is 2.01. The highest BCUT2D eigenvalue weighted by atomic mass is 16.1. The van der Waals surface area contributed by atoms with E-state index in [1.54, 1.807) is 12.5 Å². The summed E-state index contributed by atoms with van der Waals surface area (Å²) in [4.78, 5) is 18.4. The van der Waals surface area contributed by atoms with Gasteiger partial charge in [0.2, 0.25) is 0 Å². The average molecular weight is 314 g/mol. The minimum absolute atomic E-state index is 0.0187. The highest BCUT2D eigenvalue weighted by Gasteiger charge is 2.10. The summed E-state index contributed by atoms with van der Waals surface area (Å²) in [6.07, 6.45) is 6.36. The van der Waals surface area contributed by atoms with Crippen LogP contribution in [0.2, 0.25) is 0 Å². The molecule has 1 heterocycles. The number of imidazole rings is 1. The second kappa shape index (κ2) is 8.36. The molecule has 0 aliphatic carbocycles. The van der Waals surface area contributed by atoms with Crippen LogP contribution in [0.5, 0.6) is 0 Å². The summed E-state index contributed by atoms with van der Waals surface area (Å²) in [6, 6.07) is 8.27. The number of nitrogens with one attached hydrogen (secondary N) is 1. The lowest BCUT2D eigenvalue weighted by Gasteiger charge is -2.27. The topological polar surface area (TPSA) is 50.2 Å². The minimum Gasteiger partial charge on any atom is -0.369 e. The molecule has 0 atom stereocenters. The van der Waals surface area contributed by atoms with Gasteiger partial charge in [0.05, 0.1) is 6.33 Å². The number of hydrogen-bond donors (Lipinski definition) is 1. The van der Waals surface area contributed by atoms with Gasteiger partial charge >= 0.3 is 0 Å². The molecule has 1 aromatic carbocycles. The number of hydrogen-bond acceptors (Lipinski definition) is 3. The Bertz CT molecular complexity index is 590. The van der Waals surface area contributed by atoms with E-state index in [0.29, 0.717) is 18.2 Å². The third kappa shape index (κ3) is 4.84. The molecule has 0 saturated carbocycles. The van der Waals surface area contributed by atoms with Gasteiger partial charge in [-0.2, -0.15) is 0 Å². The van der Waals surface area contributed by atoms with Crippen molar-refractivity contribution in [1.29, 1.82) is 0 Å². The molecule has 0 radical (unpaired) electrons. The Labute approximate surface area is 138 Å². The maximum atomic E-state index is 12.1. The number of aromatic nitrogens is 2. The number of anilines is 1. The summed E-state index contributed by atoms with van der Waals surface area (Å²) in [5, 5.41) is 2.96. The molecule has 2 rings (SSSR count). The fourth-order valence-electron chi connectivity index (χ4n) is 2.63. The third-order valence-corrected chi connectivity index (χ3v) is 3.86. The van der Waals surface area contributed by atoms with Crippen molar-refractivity contribution < 1.29 is 4.79 Å². The third-order valence-electron chi connectivity index (χ3n) is 3.86. The average Bonchev–Trinajstić information content (AvgIpc) is 3.06. The standard InChI is InChI=1S/C18H26N4O/c1-4-22(15(2)3)17-8-6-16(7-9-17)18(23)20-10-5-12-21-13-11-19-14-21/h6-9,11,13-15H,4-5,10,12H2,1-3H3,(H,20,23). The first-order valence-corrected chi connectivity index (χ1v) is 8.22. The van der Waals surface area contributed by atoms with E-state index in [2.05, 4.69) is 36.0 Å². The molecule has 0 saturated heterocycles. The number of aryl methyl sites for hydroxylation is 1. The van der Waals surface area contributed by atoms with Crippen LogP contribution in [0.3, 0.4) is 0 Å². The molecule has 1 N–H and O–H groups in total. The maximum absolute atomic E-state index is 12.1. The number of amides is 1.